The highest BCUT2D eigenvalue weighted by Gasteiger charge is 2.55. The number of nitrogens with zero attached hydrogens (tertiary/aromatic N) is 4. The second-order valence-corrected chi connectivity index (χ2v) is 7.02. The molecule has 1 heterocycles. The summed E-state index contributed by atoms with van der Waals surface area (Å²) in [6.07, 6.45) is 1.66. The minimum Gasteiger partial charge on any atom is -0.435 e. The first kappa shape index (κ1) is 20.8. The van der Waals surface area contributed by atoms with Crippen molar-refractivity contribution in [3.05, 3.63) is 52.7 Å². The van der Waals surface area contributed by atoms with Gasteiger partial charge in [-0.05, 0) is 11.6 Å². The predicted molar refractivity (Wildman–Crippen MR) is 100 cm³/mol. The molecule has 0 bridgehead atoms. The van der Waals surface area contributed by atoms with Gasteiger partial charge < -0.3 is 15.4 Å². The number of ether oxygens (including phenoxy) is 1. The van der Waals surface area contributed by atoms with Gasteiger partial charge in [0.25, 0.3) is 0 Å². The second-order valence-electron chi connectivity index (χ2n) is 7.02. The summed E-state index contributed by atoms with van der Waals surface area (Å²) in [5.41, 5.74) is 4.62. The van der Waals surface area contributed by atoms with E-state index in [4.69, 9.17) is 5.73 Å². The maximum absolute atomic E-state index is 13.0. The summed E-state index contributed by atoms with van der Waals surface area (Å²) in [5, 5.41) is 29.7. The Bertz CT molecular complexity index is 1060. The second kappa shape index (κ2) is 7.85. The van der Waals surface area contributed by atoms with Crippen LogP contribution in [0.2, 0.25) is 0 Å². The van der Waals surface area contributed by atoms with E-state index in [1.807, 2.05) is 18.2 Å². The molecule has 1 aromatic rings. The van der Waals surface area contributed by atoms with Crippen LogP contribution in [0, 0.1) is 45.3 Å². The van der Waals surface area contributed by atoms with Crippen LogP contribution in [0.5, 0.6) is 5.75 Å². The average Bonchev–Trinajstić information content (AvgIpc) is 2.73. The molecule has 30 heavy (non-hydrogen) atoms. The summed E-state index contributed by atoms with van der Waals surface area (Å²) < 4.78 is 30.7. The molecular weight excluding hydrogens is 392 g/mol. The third-order valence-corrected chi connectivity index (χ3v) is 5.58. The number of alkyl halides is 2. The molecule has 0 saturated heterocycles. The van der Waals surface area contributed by atoms with Crippen molar-refractivity contribution >= 4 is 5.91 Å². The number of carbonyl (C=O) groups is 1. The van der Waals surface area contributed by atoms with Crippen LogP contribution in [-0.2, 0) is 4.79 Å². The average molecular weight is 409 g/mol. The molecule has 1 aromatic carbocycles. The van der Waals surface area contributed by atoms with E-state index in [0.29, 0.717) is 5.57 Å². The molecule has 2 atom stereocenters. The molecule has 1 aliphatic heterocycles. The van der Waals surface area contributed by atoms with E-state index in [-0.39, 0.29) is 41.6 Å². The Morgan fingerprint density at radius 3 is 2.53 bits per heavy atom. The van der Waals surface area contributed by atoms with Crippen molar-refractivity contribution in [2.45, 2.75) is 19.5 Å². The Morgan fingerprint density at radius 1 is 1.30 bits per heavy atom. The molecule has 0 saturated carbocycles. The van der Waals surface area contributed by atoms with Crippen LogP contribution in [0.25, 0.3) is 0 Å². The van der Waals surface area contributed by atoms with Crippen molar-refractivity contribution in [1.29, 1.82) is 15.8 Å². The zero-order chi connectivity index (χ0) is 22.1. The molecule has 0 fully saturated rings. The summed E-state index contributed by atoms with van der Waals surface area (Å²) in [7, 11) is 0. The van der Waals surface area contributed by atoms with Gasteiger partial charge in [-0.2, -0.15) is 24.6 Å². The Hall–Kier alpha value is -3.90. The van der Waals surface area contributed by atoms with Crippen LogP contribution in [0.4, 0.5) is 8.78 Å². The van der Waals surface area contributed by atoms with Gasteiger partial charge in [0.05, 0.1) is 23.4 Å². The maximum atomic E-state index is 13.0. The first-order valence-corrected chi connectivity index (χ1v) is 9.03. The molecule has 2 N–H and O–H groups in total. The number of para-hydroxylation sites is 1. The number of halogens is 2. The highest BCUT2D eigenvalue weighted by atomic mass is 19.3. The SMILES string of the molecule is CC(=O)N1CC=C2C(C#N)=C(N)C(C#N)(C#N)[C@@H](c3ccccc3OC(F)F)[C@H]2C1. The van der Waals surface area contributed by atoms with Gasteiger partial charge in [-0.15, -0.1) is 0 Å². The van der Waals surface area contributed by atoms with E-state index in [0.717, 1.165) is 0 Å². The Labute approximate surface area is 171 Å². The third-order valence-electron chi connectivity index (χ3n) is 5.58. The molecular formula is C21H17F2N5O2. The van der Waals surface area contributed by atoms with Gasteiger partial charge in [0.15, 0.2) is 5.41 Å². The number of hydrogen-bond donors (Lipinski definition) is 1. The lowest BCUT2D eigenvalue weighted by Crippen LogP contribution is -2.49. The summed E-state index contributed by atoms with van der Waals surface area (Å²) in [6.45, 7) is -1.42. The van der Waals surface area contributed by atoms with Gasteiger partial charge in [-0.25, -0.2) is 0 Å². The largest absolute Gasteiger partial charge is 0.435 e. The molecule has 152 valence electrons. The first-order chi connectivity index (χ1) is 14.3. The predicted octanol–water partition coefficient (Wildman–Crippen LogP) is 2.56. The topological polar surface area (TPSA) is 127 Å². The van der Waals surface area contributed by atoms with Crippen molar-refractivity contribution in [3.63, 3.8) is 0 Å². The summed E-state index contributed by atoms with van der Waals surface area (Å²) in [6, 6.07) is 11.7. The lowest BCUT2D eigenvalue weighted by Gasteiger charge is -2.45. The molecule has 0 spiro atoms. The van der Waals surface area contributed by atoms with Crippen molar-refractivity contribution < 1.29 is 18.3 Å². The molecule has 9 heteroatoms. The highest BCUT2D eigenvalue weighted by molar-refractivity contribution is 5.74. The molecule has 1 aliphatic carbocycles. The minimum atomic E-state index is -3.12. The molecule has 0 radical (unpaired) electrons. The van der Waals surface area contributed by atoms with Crippen LogP contribution < -0.4 is 10.5 Å². The van der Waals surface area contributed by atoms with Crippen LogP contribution in [0.3, 0.4) is 0 Å². The van der Waals surface area contributed by atoms with Gasteiger partial charge in [0.1, 0.15) is 11.8 Å². The number of carbonyl (C=O) groups excluding carboxylic acids is 1. The van der Waals surface area contributed by atoms with Crippen molar-refractivity contribution in [2.75, 3.05) is 13.1 Å². The molecule has 0 unspecified atom stereocenters. The van der Waals surface area contributed by atoms with E-state index < -0.39 is 23.9 Å². The van der Waals surface area contributed by atoms with Crippen molar-refractivity contribution in [1.82, 2.24) is 4.90 Å². The lowest BCUT2D eigenvalue weighted by atomic mass is 9.58. The standard InChI is InChI=1S/C21H17F2N5O2/c1-12(29)28-7-6-13-15(8-24)19(27)21(10-25,11-26)18(16(13)9-28)14-4-2-3-5-17(14)30-20(22)23/h2-6,16,18,20H,7,9,27H2,1H3/t16-,18-/m0/s1. The number of rotatable bonds is 3. The minimum absolute atomic E-state index is 0.00908. The number of fused-ring (bicyclic) bond motifs is 1. The molecule has 0 aromatic heterocycles. The quantitative estimate of drug-likeness (QED) is 0.817. The number of hydrogen-bond acceptors (Lipinski definition) is 6. The first-order valence-electron chi connectivity index (χ1n) is 9.03. The zero-order valence-electron chi connectivity index (χ0n) is 16.0. The zero-order valence-corrected chi connectivity index (χ0v) is 16.0. The van der Waals surface area contributed by atoms with Gasteiger partial charge in [0.2, 0.25) is 5.91 Å². The van der Waals surface area contributed by atoms with Crippen molar-refractivity contribution in [2.24, 2.45) is 17.1 Å². The van der Waals surface area contributed by atoms with Gasteiger partial charge >= 0.3 is 6.61 Å². The Morgan fingerprint density at radius 2 is 1.97 bits per heavy atom. The molecule has 7 nitrogen and oxygen atoms in total. The van der Waals surface area contributed by atoms with E-state index in [1.54, 1.807) is 12.1 Å². The molecule has 2 aliphatic rings. The molecule has 3 rings (SSSR count). The lowest BCUT2D eigenvalue weighted by molar-refractivity contribution is -0.129. The fraction of sp³-hybridized carbons (Fsp3) is 0.333. The maximum Gasteiger partial charge on any atom is 0.387 e. The van der Waals surface area contributed by atoms with E-state index in [2.05, 4.69) is 4.74 Å². The smallest absolute Gasteiger partial charge is 0.387 e. The summed E-state index contributed by atoms with van der Waals surface area (Å²) in [5.74, 6) is -2.15. The third kappa shape index (κ3) is 3.13. The van der Waals surface area contributed by atoms with Gasteiger partial charge in [0, 0.05) is 37.4 Å². The van der Waals surface area contributed by atoms with Gasteiger partial charge in [-0.1, -0.05) is 24.3 Å². The Kier molecular flexibility index (Phi) is 5.45. The number of nitrogens with two attached hydrogens (primary N) is 1. The van der Waals surface area contributed by atoms with Crippen molar-refractivity contribution in [3.8, 4) is 24.0 Å². The van der Waals surface area contributed by atoms with E-state index in [9.17, 15) is 29.4 Å². The number of benzene rings is 1. The monoisotopic (exact) mass is 409 g/mol. The number of nitriles is 3. The van der Waals surface area contributed by atoms with Gasteiger partial charge in [-0.3, -0.25) is 4.79 Å². The van der Waals surface area contributed by atoms with Crippen LogP contribution in [0.1, 0.15) is 18.4 Å². The van der Waals surface area contributed by atoms with E-state index >= 15 is 0 Å². The van der Waals surface area contributed by atoms with Crippen LogP contribution in [0.15, 0.2) is 47.2 Å². The normalized spacial score (nSPS) is 22.3. The number of amides is 1. The summed E-state index contributed by atoms with van der Waals surface area (Å²) >= 11 is 0. The highest BCUT2D eigenvalue weighted by Crippen LogP contribution is 2.55. The fourth-order valence-electron chi connectivity index (χ4n) is 4.22. The van der Waals surface area contributed by atoms with E-state index in [1.165, 1.54) is 30.0 Å². The van der Waals surface area contributed by atoms with Crippen LogP contribution >= 0.6 is 0 Å². The Balaban J connectivity index is 2.33. The van der Waals surface area contributed by atoms with Crippen LogP contribution in [-0.4, -0.2) is 30.5 Å². The number of allylic oxidation sites excluding steroid dienone is 2. The molecule has 1 amide bonds. The summed E-state index contributed by atoms with van der Waals surface area (Å²) in [4.78, 5) is 13.5. The fourth-order valence-corrected chi connectivity index (χ4v) is 4.22.